The molecule has 162 valence electrons. The van der Waals surface area contributed by atoms with E-state index in [1.165, 1.54) is 0 Å². The molecule has 0 spiro atoms. The van der Waals surface area contributed by atoms with E-state index in [-0.39, 0.29) is 11.9 Å². The standard InChI is InChI=1S/C26H34O4/c1-4-5-16-23-26(2,3)25(27)24(29-18-21-14-10-7-11-15-21)22(30-23)19-28-17-20-12-8-6-9-13-20/h6-15,22-24H,4-5,16-19H2,1-3H3/t22-,23-,24+/m1/s1. The van der Waals surface area contributed by atoms with Crippen LogP contribution in [0, 0.1) is 5.41 Å². The lowest BCUT2D eigenvalue weighted by Gasteiger charge is -2.45. The first-order valence-corrected chi connectivity index (χ1v) is 11.0. The van der Waals surface area contributed by atoms with Crippen molar-refractivity contribution in [2.45, 2.75) is 71.6 Å². The summed E-state index contributed by atoms with van der Waals surface area (Å²) in [5.74, 6) is 0.110. The SMILES string of the molecule is CCCC[C@H]1O[C@H](COCc2ccccc2)[C@H](OCc2ccccc2)C(=O)C1(C)C. The zero-order chi connectivity index (χ0) is 21.4. The van der Waals surface area contributed by atoms with E-state index in [4.69, 9.17) is 14.2 Å². The molecule has 3 rings (SSSR count). The molecule has 2 aromatic carbocycles. The Kier molecular flexibility index (Phi) is 8.20. The van der Waals surface area contributed by atoms with Crippen molar-refractivity contribution in [2.75, 3.05) is 6.61 Å². The van der Waals surface area contributed by atoms with Crippen molar-refractivity contribution >= 4 is 5.78 Å². The van der Waals surface area contributed by atoms with Crippen LogP contribution in [0.1, 0.15) is 51.2 Å². The molecular formula is C26H34O4. The van der Waals surface area contributed by atoms with Crippen molar-refractivity contribution in [1.29, 1.82) is 0 Å². The minimum Gasteiger partial charge on any atom is -0.374 e. The van der Waals surface area contributed by atoms with Crippen molar-refractivity contribution in [2.24, 2.45) is 5.41 Å². The van der Waals surface area contributed by atoms with E-state index >= 15 is 0 Å². The minimum atomic E-state index is -0.631. The smallest absolute Gasteiger partial charge is 0.172 e. The molecule has 0 aliphatic carbocycles. The van der Waals surface area contributed by atoms with E-state index in [0.717, 1.165) is 30.4 Å². The predicted octanol–water partition coefficient (Wildman–Crippen LogP) is 5.34. The van der Waals surface area contributed by atoms with E-state index in [0.29, 0.717) is 19.8 Å². The van der Waals surface area contributed by atoms with Crippen LogP contribution in [0.4, 0.5) is 0 Å². The molecule has 1 aliphatic rings. The van der Waals surface area contributed by atoms with Gasteiger partial charge in [0.25, 0.3) is 0 Å². The molecular weight excluding hydrogens is 376 g/mol. The molecule has 0 radical (unpaired) electrons. The van der Waals surface area contributed by atoms with Crippen LogP contribution >= 0.6 is 0 Å². The highest BCUT2D eigenvalue weighted by Crippen LogP contribution is 2.37. The summed E-state index contributed by atoms with van der Waals surface area (Å²) in [6, 6.07) is 20.0. The molecule has 0 amide bonds. The van der Waals surface area contributed by atoms with Gasteiger partial charge in [0.1, 0.15) is 12.2 Å². The highest BCUT2D eigenvalue weighted by Gasteiger charge is 2.50. The van der Waals surface area contributed by atoms with Crippen LogP contribution in [0.15, 0.2) is 60.7 Å². The molecule has 1 heterocycles. The van der Waals surface area contributed by atoms with Gasteiger partial charge in [-0.3, -0.25) is 4.79 Å². The Morgan fingerprint density at radius 1 is 0.933 bits per heavy atom. The number of ether oxygens (including phenoxy) is 3. The number of hydrogen-bond donors (Lipinski definition) is 0. The Morgan fingerprint density at radius 3 is 2.13 bits per heavy atom. The van der Waals surface area contributed by atoms with Gasteiger partial charge in [-0.25, -0.2) is 0 Å². The second-order valence-corrected chi connectivity index (χ2v) is 8.61. The largest absolute Gasteiger partial charge is 0.374 e. The first-order valence-electron chi connectivity index (χ1n) is 11.0. The second kappa shape index (κ2) is 10.9. The third kappa shape index (κ3) is 5.78. The third-order valence-electron chi connectivity index (χ3n) is 5.86. The molecule has 1 fully saturated rings. The van der Waals surface area contributed by atoms with Gasteiger partial charge in [0.15, 0.2) is 5.78 Å². The normalized spacial score (nSPS) is 23.4. The van der Waals surface area contributed by atoms with Crippen molar-refractivity contribution < 1.29 is 19.0 Å². The van der Waals surface area contributed by atoms with E-state index < -0.39 is 17.6 Å². The van der Waals surface area contributed by atoms with E-state index in [1.807, 2.05) is 74.5 Å². The Bertz CT molecular complexity index is 772. The number of hydrogen-bond acceptors (Lipinski definition) is 4. The number of benzene rings is 2. The van der Waals surface area contributed by atoms with Gasteiger partial charge in [0, 0.05) is 0 Å². The van der Waals surface area contributed by atoms with Crippen LogP contribution in [0.5, 0.6) is 0 Å². The number of ketones is 1. The second-order valence-electron chi connectivity index (χ2n) is 8.61. The zero-order valence-corrected chi connectivity index (χ0v) is 18.4. The zero-order valence-electron chi connectivity index (χ0n) is 18.4. The molecule has 30 heavy (non-hydrogen) atoms. The molecule has 0 bridgehead atoms. The first kappa shape index (κ1) is 22.7. The molecule has 3 atom stereocenters. The summed E-state index contributed by atoms with van der Waals surface area (Å²) < 4.78 is 18.5. The maximum atomic E-state index is 13.4. The average molecular weight is 411 g/mol. The maximum absolute atomic E-state index is 13.4. The molecule has 1 aliphatic heterocycles. The summed E-state index contributed by atoms with van der Waals surface area (Å²) in [7, 11) is 0. The van der Waals surface area contributed by atoms with E-state index in [2.05, 4.69) is 6.92 Å². The fraction of sp³-hybridized carbons (Fsp3) is 0.500. The summed E-state index contributed by atoms with van der Waals surface area (Å²) in [5.41, 5.74) is 1.57. The minimum absolute atomic E-state index is 0.110. The number of unbranched alkanes of at least 4 members (excludes halogenated alkanes) is 1. The van der Waals surface area contributed by atoms with Crippen molar-refractivity contribution in [3.8, 4) is 0 Å². The summed E-state index contributed by atoms with van der Waals surface area (Å²) in [6.45, 7) is 7.32. The fourth-order valence-electron chi connectivity index (χ4n) is 3.90. The van der Waals surface area contributed by atoms with Gasteiger partial charge in [-0.1, -0.05) is 94.3 Å². The molecule has 2 aromatic rings. The summed E-state index contributed by atoms with van der Waals surface area (Å²) in [6.07, 6.45) is 1.83. The number of rotatable bonds is 10. The Balaban J connectivity index is 1.69. The highest BCUT2D eigenvalue weighted by atomic mass is 16.6. The summed E-state index contributed by atoms with van der Waals surface area (Å²) in [5, 5.41) is 0. The number of carbonyl (C=O) groups is 1. The van der Waals surface area contributed by atoms with Gasteiger partial charge in [0.05, 0.1) is 31.3 Å². The van der Waals surface area contributed by atoms with Crippen LogP contribution in [-0.2, 0) is 32.2 Å². The van der Waals surface area contributed by atoms with Crippen LogP contribution in [0.25, 0.3) is 0 Å². The Hall–Kier alpha value is -2.01. The maximum Gasteiger partial charge on any atom is 0.172 e. The van der Waals surface area contributed by atoms with E-state index in [9.17, 15) is 4.79 Å². The molecule has 0 N–H and O–H groups in total. The lowest BCUT2D eigenvalue weighted by atomic mass is 9.74. The van der Waals surface area contributed by atoms with Crippen LogP contribution in [-0.4, -0.2) is 30.7 Å². The lowest BCUT2D eigenvalue weighted by molar-refractivity contribution is -0.205. The van der Waals surface area contributed by atoms with Gasteiger partial charge >= 0.3 is 0 Å². The number of carbonyl (C=O) groups excluding carboxylic acids is 1. The quantitative estimate of drug-likeness (QED) is 0.530. The van der Waals surface area contributed by atoms with Crippen molar-refractivity contribution in [3.63, 3.8) is 0 Å². The molecule has 0 saturated carbocycles. The van der Waals surface area contributed by atoms with Gasteiger partial charge in [-0.2, -0.15) is 0 Å². The lowest BCUT2D eigenvalue weighted by Crippen LogP contribution is -2.58. The average Bonchev–Trinajstić information content (AvgIpc) is 2.76. The molecule has 4 nitrogen and oxygen atoms in total. The monoisotopic (exact) mass is 410 g/mol. The third-order valence-corrected chi connectivity index (χ3v) is 5.86. The van der Waals surface area contributed by atoms with Gasteiger partial charge < -0.3 is 14.2 Å². The fourth-order valence-corrected chi connectivity index (χ4v) is 3.90. The van der Waals surface area contributed by atoms with Crippen molar-refractivity contribution in [1.82, 2.24) is 0 Å². The Labute approximate surface area is 180 Å². The predicted molar refractivity (Wildman–Crippen MR) is 118 cm³/mol. The van der Waals surface area contributed by atoms with E-state index in [1.54, 1.807) is 0 Å². The van der Waals surface area contributed by atoms with Gasteiger partial charge in [0.2, 0.25) is 0 Å². The van der Waals surface area contributed by atoms with Crippen molar-refractivity contribution in [3.05, 3.63) is 71.8 Å². The first-order chi connectivity index (χ1) is 14.5. The highest BCUT2D eigenvalue weighted by molar-refractivity contribution is 5.90. The van der Waals surface area contributed by atoms with Gasteiger partial charge in [-0.15, -0.1) is 0 Å². The Morgan fingerprint density at radius 2 is 1.53 bits per heavy atom. The number of Topliss-reactive ketones (excluding diaryl/α,β-unsaturated/α-hetero) is 1. The summed E-state index contributed by atoms with van der Waals surface area (Å²) in [4.78, 5) is 13.4. The molecule has 4 heteroatoms. The summed E-state index contributed by atoms with van der Waals surface area (Å²) >= 11 is 0. The molecule has 0 aromatic heterocycles. The molecule has 0 unspecified atom stereocenters. The molecule has 1 saturated heterocycles. The van der Waals surface area contributed by atoms with Crippen LogP contribution in [0.3, 0.4) is 0 Å². The topological polar surface area (TPSA) is 44.8 Å². The van der Waals surface area contributed by atoms with Crippen LogP contribution in [0.2, 0.25) is 0 Å². The van der Waals surface area contributed by atoms with Crippen LogP contribution < -0.4 is 0 Å². The van der Waals surface area contributed by atoms with Gasteiger partial charge in [-0.05, 0) is 17.5 Å².